The summed E-state index contributed by atoms with van der Waals surface area (Å²) in [5.74, 6) is -0.229. The van der Waals surface area contributed by atoms with Crippen molar-refractivity contribution >= 4 is 33.5 Å². The predicted octanol–water partition coefficient (Wildman–Crippen LogP) is 4.23. The Morgan fingerprint density at radius 1 is 0.909 bits per heavy atom. The van der Waals surface area contributed by atoms with Crippen molar-refractivity contribution in [1.29, 1.82) is 0 Å². The molecule has 0 unspecified atom stereocenters. The Hall–Kier alpha value is -3.14. The highest BCUT2D eigenvalue weighted by Gasteiger charge is 2.10. The van der Waals surface area contributed by atoms with Crippen LogP contribution in [0.2, 0.25) is 0 Å². The van der Waals surface area contributed by atoms with Crippen molar-refractivity contribution in [2.75, 3.05) is 5.32 Å². The maximum Gasteiger partial charge on any atom is 0.274 e. The zero-order valence-corrected chi connectivity index (χ0v) is 11.6. The smallest absolute Gasteiger partial charge is 0.274 e. The van der Waals surface area contributed by atoms with Gasteiger partial charge in [0, 0.05) is 22.7 Å². The third kappa shape index (κ3) is 2.11. The molecule has 0 aliphatic heterocycles. The fourth-order valence-electron chi connectivity index (χ4n) is 2.50. The highest BCUT2D eigenvalue weighted by Crippen LogP contribution is 2.30. The van der Waals surface area contributed by atoms with Gasteiger partial charge in [-0.2, -0.15) is 0 Å². The van der Waals surface area contributed by atoms with Crippen LogP contribution in [0.1, 0.15) is 10.5 Å². The van der Waals surface area contributed by atoms with Crippen LogP contribution in [0, 0.1) is 0 Å². The number of hydrogen-bond acceptors (Lipinski definition) is 3. The van der Waals surface area contributed by atoms with Crippen molar-refractivity contribution in [2.45, 2.75) is 0 Å². The van der Waals surface area contributed by atoms with Gasteiger partial charge in [0.1, 0.15) is 16.9 Å². The molecule has 2 heterocycles. The fourth-order valence-corrected chi connectivity index (χ4v) is 2.50. The van der Waals surface area contributed by atoms with E-state index in [2.05, 4.69) is 10.3 Å². The number of benzene rings is 2. The molecule has 0 radical (unpaired) electrons. The van der Waals surface area contributed by atoms with E-state index in [1.807, 2.05) is 42.5 Å². The normalized spacial score (nSPS) is 10.9. The van der Waals surface area contributed by atoms with E-state index in [-0.39, 0.29) is 5.91 Å². The molecule has 0 fully saturated rings. The summed E-state index contributed by atoms with van der Waals surface area (Å²) in [5, 5.41) is 4.88. The van der Waals surface area contributed by atoms with Gasteiger partial charge in [0.25, 0.3) is 5.91 Å². The molecule has 1 amide bonds. The summed E-state index contributed by atoms with van der Waals surface area (Å²) in [6.07, 6.45) is 1.60. The van der Waals surface area contributed by atoms with E-state index in [9.17, 15) is 4.79 Å². The molecule has 0 aliphatic carbocycles. The first-order valence-electron chi connectivity index (χ1n) is 6.95. The Morgan fingerprint density at radius 2 is 1.73 bits per heavy atom. The van der Waals surface area contributed by atoms with E-state index >= 15 is 0 Å². The maximum absolute atomic E-state index is 12.2. The summed E-state index contributed by atoms with van der Waals surface area (Å²) in [6, 6.07) is 18.7. The number of fused-ring (bicyclic) bond motifs is 3. The number of anilines is 1. The number of para-hydroxylation sites is 1. The average molecular weight is 288 g/mol. The molecule has 0 saturated heterocycles. The average Bonchev–Trinajstić information content (AvgIpc) is 2.94. The first-order chi connectivity index (χ1) is 10.8. The molecule has 4 aromatic rings. The lowest BCUT2D eigenvalue weighted by molar-refractivity contribution is 0.102. The minimum Gasteiger partial charge on any atom is -0.456 e. The van der Waals surface area contributed by atoms with Crippen molar-refractivity contribution in [3.8, 4) is 0 Å². The van der Waals surface area contributed by atoms with Gasteiger partial charge in [-0.1, -0.05) is 24.3 Å². The number of carbonyl (C=O) groups excluding carboxylic acids is 1. The minimum atomic E-state index is -0.229. The van der Waals surface area contributed by atoms with Gasteiger partial charge < -0.3 is 9.73 Å². The van der Waals surface area contributed by atoms with Crippen molar-refractivity contribution in [3.63, 3.8) is 0 Å². The highest BCUT2D eigenvalue weighted by atomic mass is 16.3. The second-order valence-corrected chi connectivity index (χ2v) is 4.98. The molecule has 4 nitrogen and oxygen atoms in total. The van der Waals surface area contributed by atoms with E-state index in [4.69, 9.17) is 4.42 Å². The number of hydrogen-bond donors (Lipinski definition) is 1. The Bertz CT molecular complexity index is 974. The van der Waals surface area contributed by atoms with Crippen LogP contribution >= 0.6 is 0 Å². The number of pyridine rings is 1. The quantitative estimate of drug-likeness (QED) is 0.600. The second kappa shape index (κ2) is 5.00. The van der Waals surface area contributed by atoms with Crippen LogP contribution in [0.4, 0.5) is 5.69 Å². The first kappa shape index (κ1) is 12.6. The van der Waals surface area contributed by atoms with Gasteiger partial charge in [0.05, 0.1) is 0 Å². The lowest BCUT2D eigenvalue weighted by Crippen LogP contribution is -2.13. The third-order valence-corrected chi connectivity index (χ3v) is 3.53. The third-order valence-electron chi connectivity index (χ3n) is 3.53. The van der Waals surface area contributed by atoms with Gasteiger partial charge >= 0.3 is 0 Å². The summed E-state index contributed by atoms with van der Waals surface area (Å²) < 4.78 is 5.77. The molecule has 4 rings (SSSR count). The summed E-state index contributed by atoms with van der Waals surface area (Å²) in [7, 11) is 0. The van der Waals surface area contributed by atoms with Gasteiger partial charge in [-0.15, -0.1) is 0 Å². The second-order valence-electron chi connectivity index (χ2n) is 4.98. The molecule has 0 atom stereocenters. The molecular weight excluding hydrogens is 276 g/mol. The lowest BCUT2D eigenvalue weighted by Gasteiger charge is -2.04. The molecule has 22 heavy (non-hydrogen) atoms. The van der Waals surface area contributed by atoms with Crippen molar-refractivity contribution in [3.05, 3.63) is 72.6 Å². The summed E-state index contributed by atoms with van der Waals surface area (Å²) in [4.78, 5) is 16.2. The number of nitrogens with one attached hydrogen (secondary N) is 1. The number of amides is 1. The van der Waals surface area contributed by atoms with Gasteiger partial charge in [-0.3, -0.25) is 9.78 Å². The Morgan fingerprint density at radius 3 is 2.59 bits per heavy atom. The molecule has 0 saturated carbocycles. The monoisotopic (exact) mass is 288 g/mol. The van der Waals surface area contributed by atoms with E-state index in [0.717, 1.165) is 27.6 Å². The predicted molar refractivity (Wildman–Crippen MR) is 85.9 cm³/mol. The van der Waals surface area contributed by atoms with Gasteiger partial charge in [0.15, 0.2) is 0 Å². The summed E-state index contributed by atoms with van der Waals surface area (Å²) >= 11 is 0. The van der Waals surface area contributed by atoms with Crippen LogP contribution in [0.5, 0.6) is 0 Å². The standard InChI is InChI=1S/C18H12N2O2/c21-18(15-6-3-4-10-19-15)20-12-8-9-17-14(11-12)13-5-1-2-7-16(13)22-17/h1-11H,(H,20,21). The zero-order chi connectivity index (χ0) is 14.9. The van der Waals surface area contributed by atoms with Crippen molar-refractivity contribution < 1.29 is 9.21 Å². The molecule has 0 spiro atoms. The van der Waals surface area contributed by atoms with E-state index in [0.29, 0.717) is 5.69 Å². The van der Waals surface area contributed by atoms with E-state index < -0.39 is 0 Å². The Balaban J connectivity index is 1.73. The fraction of sp³-hybridized carbons (Fsp3) is 0. The van der Waals surface area contributed by atoms with Gasteiger partial charge in [-0.25, -0.2) is 0 Å². The zero-order valence-electron chi connectivity index (χ0n) is 11.6. The Labute approximate surface area is 126 Å². The van der Waals surface area contributed by atoms with Crippen molar-refractivity contribution in [1.82, 2.24) is 4.98 Å². The number of carbonyl (C=O) groups is 1. The molecule has 2 aromatic carbocycles. The van der Waals surface area contributed by atoms with Crippen LogP contribution in [-0.2, 0) is 0 Å². The van der Waals surface area contributed by atoms with Crippen LogP contribution in [0.3, 0.4) is 0 Å². The van der Waals surface area contributed by atoms with E-state index in [1.54, 1.807) is 24.4 Å². The van der Waals surface area contributed by atoms with Crippen LogP contribution < -0.4 is 5.32 Å². The SMILES string of the molecule is O=C(Nc1ccc2oc3ccccc3c2c1)c1ccccn1. The molecule has 4 heteroatoms. The topological polar surface area (TPSA) is 55.1 Å². The largest absolute Gasteiger partial charge is 0.456 e. The van der Waals surface area contributed by atoms with Gasteiger partial charge in [-0.05, 0) is 36.4 Å². The highest BCUT2D eigenvalue weighted by molar-refractivity contribution is 6.08. The lowest BCUT2D eigenvalue weighted by atomic mass is 10.1. The molecule has 1 N–H and O–H groups in total. The molecule has 0 bridgehead atoms. The minimum absolute atomic E-state index is 0.229. The van der Waals surface area contributed by atoms with Crippen LogP contribution in [-0.4, -0.2) is 10.9 Å². The summed E-state index contributed by atoms with van der Waals surface area (Å²) in [6.45, 7) is 0. The number of aromatic nitrogens is 1. The van der Waals surface area contributed by atoms with Crippen LogP contribution in [0.15, 0.2) is 71.3 Å². The Kier molecular flexibility index (Phi) is 2.86. The molecule has 0 aliphatic rings. The maximum atomic E-state index is 12.2. The molecule has 2 aromatic heterocycles. The molecule has 106 valence electrons. The first-order valence-corrected chi connectivity index (χ1v) is 6.95. The van der Waals surface area contributed by atoms with Crippen LogP contribution in [0.25, 0.3) is 21.9 Å². The number of nitrogens with zero attached hydrogens (tertiary/aromatic N) is 1. The van der Waals surface area contributed by atoms with Crippen molar-refractivity contribution in [2.24, 2.45) is 0 Å². The number of furan rings is 1. The van der Waals surface area contributed by atoms with Gasteiger partial charge in [0.2, 0.25) is 0 Å². The summed E-state index contributed by atoms with van der Waals surface area (Å²) in [5.41, 5.74) is 2.75. The molecular formula is C18H12N2O2. The number of rotatable bonds is 2. The van der Waals surface area contributed by atoms with E-state index in [1.165, 1.54) is 0 Å².